The van der Waals surface area contributed by atoms with Crippen molar-refractivity contribution >= 4 is 17.6 Å². The van der Waals surface area contributed by atoms with Crippen molar-refractivity contribution in [2.45, 2.75) is 6.18 Å². The predicted molar refractivity (Wildman–Crippen MR) is 63.2 cm³/mol. The maximum absolute atomic E-state index is 13.3. The van der Waals surface area contributed by atoms with Gasteiger partial charge in [0.05, 0.1) is 5.56 Å². The van der Waals surface area contributed by atoms with Gasteiger partial charge in [-0.15, -0.1) is 0 Å². The second-order valence-corrected chi connectivity index (χ2v) is 3.43. The van der Waals surface area contributed by atoms with Gasteiger partial charge in [0, 0.05) is 0 Å². The lowest BCUT2D eigenvalue weighted by Crippen LogP contribution is -2.26. The Kier molecular flexibility index (Phi) is 4.14. The van der Waals surface area contributed by atoms with Crippen molar-refractivity contribution in [1.29, 1.82) is 5.26 Å². The Balaban J connectivity index is 3.62. The fraction of sp³-hybridized carbons (Fsp3) is 0.100. The molecule has 1 rings (SSSR count). The fourth-order valence-electron chi connectivity index (χ4n) is 1.29. The highest BCUT2D eigenvalue weighted by Crippen LogP contribution is 2.39. The number of hydrogen-bond acceptors (Lipinski definition) is 2. The summed E-state index contributed by atoms with van der Waals surface area (Å²) < 4.78 is 51.7. The van der Waals surface area contributed by atoms with Gasteiger partial charge in [-0.25, -0.2) is 9.38 Å². The van der Waals surface area contributed by atoms with Crippen molar-refractivity contribution in [2.75, 3.05) is 0 Å². The molecule has 0 aromatic heterocycles. The fourth-order valence-corrected chi connectivity index (χ4v) is 1.29. The highest BCUT2D eigenvalue weighted by atomic mass is 19.4. The molecule has 6 nitrogen and oxygen atoms in total. The second-order valence-electron chi connectivity index (χ2n) is 3.43. The molecule has 6 N–H and O–H groups in total. The zero-order chi connectivity index (χ0) is 15.5. The lowest BCUT2D eigenvalue weighted by molar-refractivity contribution is -0.137. The maximum atomic E-state index is 13.3. The number of nitrogens with zero attached hydrogens (tertiary/aromatic N) is 3. The molecule has 1 aromatic carbocycles. The molecular weight excluding hydrogens is 280 g/mol. The number of nitriles is 1. The van der Waals surface area contributed by atoms with Gasteiger partial charge < -0.3 is 17.2 Å². The molecule has 1 aromatic rings. The summed E-state index contributed by atoms with van der Waals surface area (Å²) in [7, 11) is 0. The third-order valence-electron chi connectivity index (χ3n) is 2.01. The first-order valence-corrected chi connectivity index (χ1v) is 4.90. The Morgan fingerprint density at radius 2 is 1.80 bits per heavy atom. The topological polar surface area (TPSA) is 127 Å². The number of nitrogens with two attached hydrogens (primary N) is 3. The van der Waals surface area contributed by atoms with Gasteiger partial charge in [0.1, 0.15) is 23.1 Å². The molecule has 0 bridgehead atoms. The van der Waals surface area contributed by atoms with E-state index < -0.39 is 40.7 Å². The number of rotatable bonds is 1. The molecule has 0 unspecified atom stereocenters. The van der Waals surface area contributed by atoms with Crippen LogP contribution in [0.15, 0.2) is 22.1 Å². The number of benzene rings is 1. The molecule has 0 saturated carbocycles. The first kappa shape index (κ1) is 15.2. The Bertz CT molecular complexity index is 622. The van der Waals surface area contributed by atoms with Crippen LogP contribution >= 0.6 is 0 Å². The molecule has 0 spiro atoms. The Morgan fingerprint density at radius 1 is 1.20 bits per heavy atom. The van der Waals surface area contributed by atoms with Crippen molar-refractivity contribution < 1.29 is 17.6 Å². The molecule has 0 fully saturated rings. The van der Waals surface area contributed by atoms with E-state index in [1.807, 2.05) is 0 Å². The van der Waals surface area contributed by atoms with Crippen LogP contribution in [-0.4, -0.2) is 11.9 Å². The van der Waals surface area contributed by atoms with Crippen LogP contribution in [-0.2, 0) is 6.18 Å². The van der Waals surface area contributed by atoms with E-state index in [0.29, 0.717) is 12.1 Å². The van der Waals surface area contributed by atoms with Gasteiger partial charge in [-0.05, 0) is 12.1 Å². The summed E-state index contributed by atoms with van der Waals surface area (Å²) in [6.45, 7) is 0. The van der Waals surface area contributed by atoms with E-state index in [-0.39, 0.29) is 0 Å². The Hall–Kier alpha value is -2.83. The quantitative estimate of drug-likeness (QED) is 0.403. The first-order chi connectivity index (χ1) is 9.16. The summed E-state index contributed by atoms with van der Waals surface area (Å²) in [5.41, 5.74) is 11.9. The SMILES string of the molecule is N#Cc1c(F)ccc(C(F)(F)F)c1N=C(N)N=C(N)N. The van der Waals surface area contributed by atoms with E-state index in [1.165, 1.54) is 6.07 Å². The molecule has 0 aliphatic rings. The number of guanidine groups is 2. The van der Waals surface area contributed by atoms with E-state index in [0.717, 1.165) is 0 Å². The van der Waals surface area contributed by atoms with Gasteiger partial charge in [0.25, 0.3) is 0 Å². The van der Waals surface area contributed by atoms with Gasteiger partial charge >= 0.3 is 6.18 Å². The predicted octanol–water partition coefficient (Wildman–Crippen LogP) is 0.936. The van der Waals surface area contributed by atoms with E-state index in [4.69, 9.17) is 22.5 Å². The third kappa shape index (κ3) is 3.35. The van der Waals surface area contributed by atoms with E-state index >= 15 is 0 Å². The lowest BCUT2D eigenvalue weighted by Gasteiger charge is -2.11. The normalized spacial score (nSPS) is 11.8. The third-order valence-corrected chi connectivity index (χ3v) is 2.01. The Morgan fingerprint density at radius 3 is 2.25 bits per heavy atom. The summed E-state index contributed by atoms with van der Waals surface area (Å²) in [5, 5.41) is 8.73. The van der Waals surface area contributed by atoms with Crippen LogP contribution in [0, 0.1) is 17.1 Å². The standard InChI is InChI=1S/C10H8F4N6/c11-6-2-1-5(10(12,13)14)7(4(6)3-15)19-9(18)20-8(16)17/h1-2H,(H6,16,17,18,19,20). The van der Waals surface area contributed by atoms with Crippen LogP contribution in [0.1, 0.15) is 11.1 Å². The average Bonchev–Trinajstić information content (AvgIpc) is 2.26. The number of aliphatic imine (C=N–C) groups is 2. The second kappa shape index (κ2) is 5.43. The first-order valence-electron chi connectivity index (χ1n) is 4.90. The molecule has 10 heteroatoms. The minimum absolute atomic E-state index is 0.442. The van der Waals surface area contributed by atoms with Crippen molar-refractivity contribution in [3.05, 3.63) is 29.1 Å². The van der Waals surface area contributed by atoms with Crippen molar-refractivity contribution in [3.8, 4) is 6.07 Å². The summed E-state index contributed by atoms with van der Waals surface area (Å²) in [4.78, 5) is 6.46. The number of alkyl halides is 3. The minimum Gasteiger partial charge on any atom is -0.370 e. The molecule has 0 radical (unpaired) electrons. The van der Waals surface area contributed by atoms with Crippen LogP contribution in [0.4, 0.5) is 23.2 Å². The van der Waals surface area contributed by atoms with Crippen LogP contribution in [0.5, 0.6) is 0 Å². The van der Waals surface area contributed by atoms with E-state index in [9.17, 15) is 17.6 Å². The van der Waals surface area contributed by atoms with Crippen LogP contribution in [0.25, 0.3) is 0 Å². The van der Waals surface area contributed by atoms with Crippen molar-refractivity contribution in [3.63, 3.8) is 0 Å². The minimum atomic E-state index is -4.85. The van der Waals surface area contributed by atoms with Crippen molar-refractivity contribution in [1.82, 2.24) is 0 Å². The average molecular weight is 288 g/mol. The molecule has 106 valence electrons. The lowest BCUT2D eigenvalue weighted by atomic mass is 10.1. The highest BCUT2D eigenvalue weighted by Gasteiger charge is 2.35. The highest BCUT2D eigenvalue weighted by molar-refractivity contribution is 5.94. The maximum Gasteiger partial charge on any atom is 0.418 e. The van der Waals surface area contributed by atoms with Crippen LogP contribution < -0.4 is 17.2 Å². The molecular formula is C10H8F4N6. The molecule has 0 aliphatic heterocycles. The van der Waals surface area contributed by atoms with E-state index in [1.54, 1.807) is 0 Å². The molecule has 0 atom stereocenters. The van der Waals surface area contributed by atoms with Gasteiger partial charge in [-0.3, -0.25) is 0 Å². The largest absolute Gasteiger partial charge is 0.418 e. The van der Waals surface area contributed by atoms with Gasteiger partial charge in [-0.1, -0.05) is 0 Å². The zero-order valence-electron chi connectivity index (χ0n) is 9.74. The van der Waals surface area contributed by atoms with Crippen LogP contribution in [0.3, 0.4) is 0 Å². The Labute approximate surface area is 110 Å². The summed E-state index contributed by atoms with van der Waals surface area (Å²) in [5.74, 6) is -2.45. The number of halogens is 4. The van der Waals surface area contributed by atoms with Gasteiger partial charge in [-0.2, -0.15) is 23.4 Å². The summed E-state index contributed by atoms with van der Waals surface area (Å²) in [6, 6.07) is 2.24. The number of hydrogen-bond donors (Lipinski definition) is 3. The van der Waals surface area contributed by atoms with E-state index in [2.05, 4.69) is 9.98 Å². The smallest absolute Gasteiger partial charge is 0.370 e. The van der Waals surface area contributed by atoms with Gasteiger partial charge in [0.2, 0.25) is 5.96 Å². The van der Waals surface area contributed by atoms with Gasteiger partial charge in [0.15, 0.2) is 5.96 Å². The molecule has 20 heavy (non-hydrogen) atoms. The summed E-state index contributed by atoms with van der Waals surface area (Å²) >= 11 is 0. The zero-order valence-corrected chi connectivity index (χ0v) is 9.74. The molecule has 0 heterocycles. The van der Waals surface area contributed by atoms with Crippen molar-refractivity contribution in [2.24, 2.45) is 27.2 Å². The molecule has 0 amide bonds. The molecule has 0 saturated heterocycles. The molecule has 0 aliphatic carbocycles. The monoisotopic (exact) mass is 288 g/mol. The summed E-state index contributed by atoms with van der Waals surface area (Å²) in [6.07, 6.45) is -4.85. The van der Waals surface area contributed by atoms with Crippen LogP contribution in [0.2, 0.25) is 0 Å².